The highest BCUT2D eigenvalue weighted by molar-refractivity contribution is 6.74. The molecule has 0 bridgehead atoms. The molecule has 1 saturated carbocycles. The third-order valence-electron chi connectivity index (χ3n) is 6.60. The van der Waals surface area contributed by atoms with Gasteiger partial charge in [0.1, 0.15) is 0 Å². The van der Waals surface area contributed by atoms with E-state index in [-0.39, 0.29) is 17.1 Å². The van der Waals surface area contributed by atoms with Crippen LogP contribution in [-0.4, -0.2) is 26.1 Å². The first-order chi connectivity index (χ1) is 9.49. The normalized spacial score (nSPS) is 37.3. The number of allylic oxidation sites excluding steroid dienone is 1. The molecule has 2 aliphatic rings. The molecule has 2 rings (SSSR count). The van der Waals surface area contributed by atoms with Gasteiger partial charge in [-0.2, -0.15) is 0 Å². The lowest BCUT2D eigenvalue weighted by Gasteiger charge is -2.48. The lowest BCUT2D eigenvalue weighted by molar-refractivity contribution is 0.0169. The number of fused-ring (bicyclic) bond motifs is 1. The van der Waals surface area contributed by atoms with Crippen LogP contribution in [0.4, 0.5) is 0 Å². The molecule has 0 saturated heterocycles. The van der Waals surface area contributed by atoms with Gasteiger partial charge in [-0.25, -0.2) is 0 Å². The van der Waals surface area contributed by atoms with Gasteiger partial charge in [0, 0.05) is 6.10 Å². The molecule has 0 radical (unpaired) electrons. The van der Waals surface area contributed by atoms with Crippen LogP contribution in [0.2, 0.25) is 18.1 Å². The van der Waals surface area contributed by atoms with Crippen LogP contribution in [0.1, 0.15) is 53.9 Å². The topological polar surface area (TPSA) is 29.5 Å². The van der Waals surface area contributed by atoms with Crippen molar-refractivity contribution in [2.75, 3.05) is 6.61 Å². The van der Waals surface area contributed by atoms with Crippen molar-refractivity contribution in [3.8, 4) is 0 Å². The Hall–Kier alpha value is -0.123. The monoisotopic (exact) mass is 310 g/mol. The molecule has 0 unspecified atom stereocenters. The van der Waals surface area contributed by atoms with Crippen LogP contribution in [0.5, 0.6) is 0 Å². The fourth-order valence-electron chi connectivity index (χ4n) is 3.90. The highest BCUT2D eigenvalue weighted by Crippen LogP contribution is 2.54. The van der Waals surface area contributed by atoms with Crippen LogP contribution < -0.4 is 0 Å². The third kappa shape index (κ3) is 3.15. The van der Waals surface area contributed by atoms with Crippen molar-refractivity contribution in [2.45, 2.75) is 78.1 Å². The summed E-state index contributed by atoms with van der Waals surface area (Å²) in [5, 5.41) is 9.76. The van der Waals surface area contributed by atoms with E-state index >= 15 is 0 Å². The second kappa shape index (κ2) is 5.50. The Morgan fingerprint density at radius 1 is 1.33 bits per heavy atom. The molecule has 4 atom stereocenters. The Morgan fingerprint density at radius 3 is 2.48 bits per heavy atom. The Labute approximate surface area is 132 Å². The minimum absolute atomic E-state index is 0.229. The van der Waals surface area contributed by atoms with E-state index in [9.17, 15) is 5.11 Å². The zero-order valence-corrected chi connectivity index (χ0v) is 16.0. The Morgan fingerprint density at radius 2 is 1.95 bits per heavy atom. The minimum Gasteiger partial charge on any atom is -0.414 e. The number of hydrogen-bond acceptors (Lipinski definition) is 2. The van der Waals surface area contributed by atoms with Gasteiger partial charge in [0.15, 0.2) is 8.32 Å². The Bertz CT molecular complexity index is 421. The van der Waals surface area contributed by atoms with Gasteiger partial charge < -0.3 is 9.53 Å². The van der Waals surface area contributed by atoms with E-state index in [1.54, 1.807) is 0 Å². The molecule has 0 aromatic carbocycles. The van der Waals surface area contributed by atoms with Gasteiger partial charge in [-0.05, 0) is 60.2 Å². The fourth-order valence-corrected chi connectivity index (χ4v) is 5.28. The maximum Gasteiger partial charge on any atom is 0.192 e. The van der Waals surface area contributed by atoms with Crippen LogP contribution in [-0.2, 0) is 4.43 Å². The van der Waals surface area contributed by atoms with Crippen molar-refractivity contribution in [1.29, 1.82) is 0 Å². The zero-order chi connectivity index (χ0) is 16.1. The fraction of sp³-hybridized carbons (Fsp3) is 0.889. The molecule has 3 heteroatoms. The van der Waals surface area contributed by atoms with Crippen LogP contribution >= 0.6 is 0 Å². The summed E-state index contributed by atoms with van der Waals surface area (Å²) in [4.78, 5) is 0. The van der Waals surface area contributed by atoms with Gasteiger partial charge in [0.2, 0.25) is 0 Å². The van der Waals surface area contributed by atoms with E-state index in [4.69, 9.17) is 4.43 Å². The quantitative estimate of drug-likeness (QED) is 0.602. The predicted molar refractivity (Wildman–Crippen MR) is 91.9 cm³/mol. The van der Waals surface area contributed by atoms with Crippen molar-refractivity contribution in [1.82, 2.24) is 0 Å². The first-order valence-electron chi connectivity index (χ1n) is 8.49. The van der Waals surface area contributed by atoms with E-state index in [1.165, 1.54) is 5.57 Å². The van der Waals surface area contributed by atoms with Gasteiger partial charge in [-0.3, -0.25) is 0 Å². The number of hydrogen-bond donors (Lipinski definition) is 1. The SMILES string of the molecule is C[C@@H]1C[C@H](O[Si](C)(C)C(C)(C)C)C[C@H]2CC(CO)=C[C@]21C. The summed E-state index contributed by atoms with van der Waals surface area (Å²) < 4.78 is 6.69. The van der Waals surface area contributed by atoms with Gasteiger partial charge in [0.25, 0.3) is 0 Å². The van der Waals surface area contributed by atoms with Crippen molar-refractivity contribution in [3.05, 3.63) is 11.6 Å². The summed E-state index contributed by atoms with van der Waals surface area (Å²) in [6.45, 7) is 16.6. The average Bonchev–Trinajstić information content (AvgIpc) is 2.65. The van der Waals surface area contributed by atoms with Gasteiger partial charge in [0.05, 0.1) is 6.61 Å². The van der Waals surface area contributed by atoms with Crippen molar-refractivity contribution < 1.29 is 9.53 Å². The van der Waals surface area contributed by atoms with Gasteiger partial charge in [-0.1, -0.05) is 40.7 Å². The predicted octanol–water partition coefficient (Wildman–Crippen LogP) is 4.75. The maximum atomic E-state index is 9.48. The van der Waals surface area contributed by atoms with E-state index < -0.39 is 8.32 Å². The first-order valence-corrected chi connectivity index (χ1v) is 11.4. The largest absolute Gasteiger partial charge is 0.414 e. The van der Waals surface area contributed by atoms with Gasteiger partial charge in [-0.15, -0.1) is 0 Å². The van der Waals surface area contributed by atoms with E-state index in [2.05, 4.69) is 53.8 Å². The summed E-state index contributed by atoms with van der Waals surface area (Å²) in [6, 6.07) is 0. The van der Waals surface area contributed by atoms with Crippen molar-refractivity contribution in [3.63, 3.8) is 0 Å². The molecule has 0 heterocycles. The number of aliphatic hydroxyl groups is 1. The van der Waals surface area contributed by atoms with E-state index in [0.29, 0.717) is 17.9 Å². The average molecular weight is 311 g/mol. The summed E-state index contributed by atoms with van der Waals surface area (Å²) in [5.74, 6) is 1.29. The summed E-state index contributed by atoms with van der Waals surface area (Å²) in [5.41, 5.74) is 1.51. The molecule has 1 fully saturated rings. The molecule has 0 aromatic rings. The summed E-state index contributed by atoms with van der Waals surface area (Å²) in [6.07, 6.45) is 6.16. The van der Waals surface area contributed by atoms with Crippen LogP contribution in [0, 0.1) is 17.3 Å². The second-order valence-corrected chi connectivity index (χ2v) is 13.9. The van der Waals surface area contributed by atoms with Crippen molar-refractivity contribution in [2.24, 2.45) is 17.3 Å². The van der Waals surface area contributed by atoms with Crippen LogP contribution in [0.15, 0.2) is 11.6 Å². The lowest BCUT2D eigenvalue weighted by Crippen LogP contribution is -2.48. The standard InChI is InChI=1S/C18H34O2Si/c1-13-8-16(20-21(6,7)17(2,3)4)10-15-9-14(12-19)11-18(13,15)5/h11,13,15-16,19H,8-10,12H2,1-7H3/t13-,15-,16+,18+/m1/s1. The molecule has 0 aromatic heterocycles. The third-order valence-corrected chi connectivity index (χ3v) is 11.1. The molecule has 2 nitrogen and oxygen atoms in total. The molecular weight excluding hydrogens is 276 g/mol. The molecule has 2 aliphatic carbocycles. The molecule has 0 spiro atoms. The zero-order valence-electron chi connectivity index (χ0n) is 15.0. The van der Waals surface area contributed by atoms with Crippen LogP contribution in [0.25, 0.3) is 0 Å². The summed E-state index contributed by atoms with van der Waals surface area (Å²) in [7, 11) is -1.68. The maximum absolute atomic E-state index is 9.48. The second-order valence-electron chi connectivity index (χ2n) is 9.10. The molecular formula is C18H34O2Si. The first kappa shape index (κ1) is 17.2. The molecule has 122 valence electrons. The van der Waals surface area contributed by atoms with E-state index in [1.807, 2.05) is 0 Å². The van der Waals surface area contributed by atoms with Crippen molar-refractivity contribution >= 4 is 8.32 Å². The Balaban J connectivity index is 2.10. The lowest BCUT2D eigenvalue weighted by atomic mass is 9.63. The number of aliphatic hydroxyl groups excluding tert-OH is 1. The molecule has 0 aliphatic heterocycles. The molecule has 1 N–H and O–H groups in total. The van der Waals surface area contributed by atoms with Gasteiger partial charge >= 0.3 is 0 Å². The highest BCUT2D eigenvalue weighted by Gasteiger charge is 2.49. The smallest absolute Gasteiger partial charge is 0.192 e. The molecule has 21 heavy (non-hydrogen) atoms. The minimum atomic E-state index is -1.68. The number of rotatable bonds is 3. The highest BCUT2D eigenvalue weighted by atomic mass is 28.4. The van der Waals surface area contributed by atoms with Crippen LogP contribution in [0.3, 0.4) is 0 Å². The molecule has 0 amide bonds. The van der Waals surface area contributed by atoms with E-state index in [0.717, 1.165) is 19.3 Å². The summed E-state index contributed by atoms with van der Waals surface area (Å²) >= 11 is 0. The Kier molecular flexibility index (Phi) is 4.52.